The lowest BCUT2D eigenvalue weighted by Gasteiger charge is -2.11. The second-order valence-electron chi connectivity index (χ2n) is 5.99. The summed E-state index contributed by atoms with van der Waals surface area (Å²) < 4.78 is 11.0. The van der Waals surface area contributed by atoms with E-state index in [2.05, 4.69) is 15.8 Å². The van der Waals surface area contributed by atoms with Crippen LogP contribution in [-0.2, 0) is 4.79 Å². The van der Waals surface area contributed by atoms with E-state index in [9.17, 15) is 4.79 Å². The molecule has 0 saturated heterocycles. The summed E-state index contributed by atoms with van der Waals surface area (Å²) in [5.74, 6) is 0.725. The van der Waals surface area contributed by atoms with Crippen molar-refractivity contribution < 1.29 is 14.3 Å². The molecule has 1 amide bonds. The quantitative estimate of drug-likeness (QED) is 0.413. The number of hydrogen-bond donors (Lipinski definition) is 2. The molecule has 148 valence electrons. The van der Waals surface area contributed by atoms with Gasteiger partial charge in [0.05, 0.1) is 19.0 Å². The van der Waals surface area contributed by atoms with Gasteiger partial charge in [-0.3, -0.25) is 10.2 Å². The largest absolute Gasteiger partial charge is 0.493 e. The van der Waals surface area contributed by atoms with Crippen LogP contribution in [0.5, 0.6) is 11.5 Å². The second kappa shape index (κ2) is 10.1. The summed E-state index contributed by atoms with van der Waals surface area (Å²) in [6, 6.07) is 21.8. The summed E-state index contributed by atoms with van der Waals surface area (Å²) in [5, 5.41) is 7.62. The molecule has 3 rings (SSSR count). The summed E-state index contributed by atoms with van der Waals surface area (Å²) in [5.41, 5.74) is 5.27. The number of anilines is 2. The number of hydrazone groups is 1. The van der Waals surface area contributed by atoms with E-state index in [1.807, 2.05) is 48.5 Å². The Hall–Kier alpha value is -3.51. The number of hydrogen-bond acceptors (Lipinski definition) is 5. The van der Waals surface area contributed by atoms with E-state index in [4.69, 9.17) is 21.1 Å². The Morgan fingerprint density at radius 2 is 1.76 bits per heavy atom. The summed E-state index contributed by atoms with van der Waals surface area (Å²) in [6.07, 6.45) is 1.66. The van der Waals surface area contributed by atoms with Gasteiger partial charge in [0.2, 0.25) is 0 Å². The van der Waals surface area contributed by atoms with Gasteiger partial charge in [-0.05, 0) is 60.2 Å². The highest BCUT2D eigenvalue weighted by Gasteiger charge is 2.08. The summed E-state index contributed by atoms with van der Waals surface area (Å²) in [6.45, 7) is -0.128. The minimum Gasteiger partial charge on any atom is -0.493 e. The molecule has 0 spiro atoms. The SMILES string of the molecule is COc1cc(/C=N\Nc2ccc(Cl)cc2)ccc1OCC(=O)Nc1ccccc1. The highest BCUT2D eigenvalue weighted by Crippen LogP contribution is 2.27. The number of rotatable bonds is 8. The molecule has 3 aromatic carbocycles. The summed E-state index contributed by atoms with van der Waals surface area (Å²) in [4.78, 5) is 12.0. The minimum absolute atomic E-state index is 0.128. The number of nitrogens with one attached hydrogen (secondary N) is 2. The number of carbonyl (C=O) groups excluding carboxylic acids is 1. The summed E-state index contributed by atoms with van der Waals surface area (Å²) in [7, 11) is 1.54. The fourth-order valence-electron chi connectivity index (χ4n) is 2.45. The molecule has 0 unspecified atom stereocenters. The van der Waals surface area contributed by atoms with Crippen molar-refractivity contribution in [1.82, 2.24) is 0 Å². The zero-order chi connectivity index (χ0) is 20.5. The van der Waals surface area contributed by atoms with Crippen LogP contribution in [0.4, 0.5) is 11.4 Å². The molecule has 7 heteroatoms. The maximum atomic E-state index is 12.0. The molecule has 0 saturated carbocycles. The third-order valence-corrected chi connectivity index (χ3v) is 4.11. The molecule has 0 aliphatic rings. The molecule has 0 fully saturated rings. The van der Waals surface area contributed by atoms with Crippen molar-refractivity contribution in [3.8, 4) is 11.5 Å². The first-order valence-corrected chi connectivity index (χ1v) is 9.22. The first-order chi connectivity index (χ1) is 14.1. The Kier molecular flexibility index (Phi) is 7.08. The van der Waals surface area contributed by atoms with E-state index in [-0.39, 0.29) is 12.5 Å². The van der Waals surface area contributed by atoms with Crippen LogP contribution in [0.25, 0.3) is 0 Å². The number of halogens is 1. The van der Waals surface area contributed by atoms with Crippen molar-refractivity contribution >= 4 is 35.1 Å². The van der Waals surface area contributed by atoms with Gasteiger partial charge in [0.1, 0.15) is 0 Å². The molecule has 0 atom stereocenters. The Morgan fingerprint density at radius 1 is 1.00 bits per heavy atom. The van der Waals surface area contributed by atoms with Gasteiger partial charge in [-0.15, -0.1) is 0 Å². The number of ether oxygens (including phenoxy) is 2. The smallest absolute Gasteiger partial charge is 0.262 e. The highest BCUT2D eigenvalue weighted by molar-refractivity contribution is 6.30. The fourth-order valence-corrected chi connectivity index (χ4v) is 2.58. The number of methoxy groups -OCH3 is 1. The first-order valence-electron chi connectivity index (χ1n) is 8.84. The lowest BCUT2D eigenvalue weighted by atomic mass is 10.2. The van der Waals surface area contributed by atoms with E-state index in [1.54, 1.807) is 37.6 Å². The molecule has 29 heavy (non-hydrogen) atoms. The van der Waals surface area contributed by atoms with Gasteiger partial charge in [-0.1, -0.05) is 29.8 Å². The Labute approximate surface area is 174 Å². The molecule has 6 nitrogen and oxygen atoms in total. The molecule has 0 bridgehead atoms. The third kappa shape index (κ3) is 6.26. The summed E-state index contributed by atoms with van der Waals surface area (Å²) >= 11 is 5.86. The predicted molar refractivity (Wildman–Crippen MR) is 116 cm³/mol. The maximum Gasteiger partial charge on any atom is 0.262 e. The monoisotopic (exact) mass is 409 g/mol. The van der Waals surface area contributed by atoms with E-state index in [0.717, 1.165) is 11.3 Å². The number of para-hydroxylation sites is 1. The number of nitrogens with zero attached hydrogens (tertiary/aromatic N) is 1. The Bertz CT molecular complexity index is 976. The van der Waals surface area contributed by atoms with E-state index < -0.39 is 0 Å². The highest BCUT2D eigenvalue weighted by atomic mass is 35.5. The van der Waals surface area contributed by atoms with Gasteiger partial charge >= 0.3 is 0 Å². The molecular weight excluding hydrogens is 390 g/mol. The van der Waals surface area contributed by atoms with E-state index >= 15 is 0 Å². The average molecular weight is 410 g/mol. The van der Waals surface area contributed by atoms with Crippen molar-refractivity contribution in [1.29, 1.82) is 0 Å². The zero-order valence-corrected chi connectivity index (χ0v) is 16.5. The molecule has 3 aromatic rings. The van der Waals surface area contributed by atoms with E-state index in [0.29, 0.717) is 22.2 Å². The Morgan fingerprint density at radius 3 is 2.48 bits per heavy atom. The molecule has 0 aliphatic heterocycles. The molecule has 0 heterocycles. The van der Waals surface area contributed by atoms with E-state index in [1.165, 1.54) is 0 Å². The average Bonchev–Trinajstić information content (AvgIpc) is 2.75. The van der Waals surface area contributed by atoms with Gasteiger partial charge in [0.15, 0.2) is 18.1 Å². The molecule has 2 N–H and O–H groups in total. The van der Waals surface area contributed by atoms with Gasteiger partial charge < -0.3 is 14.8 Å². The number of carbonyl (C=O) groups is 1. The fraction of sp³-hybridized carbons (Fsp3) is 0.0909. The van der Waals surface area contributed by atoms with Gasteiger partial charge in [-0.2, -0.15) is 5.10 Å². The van der Waals surface area contributed by atoms with Gasteiger partial charge in [0, 0.05) is 10.7 Å². The molecular formula is C22H20ClN3O3. The minimum atomic E-state index is -0.254. The van der Waals surface area contributed by atoms with Crippen LogP contribution in [-0.4, -0.2) is 25.8 Å². The van der Waals surface area contributed by atoms with Crippen LogP contribution in [0.1, 0.15) is 5.56 Å². The lowest BCUT2D eigenvalue weighted by Crippen LogP contribution is -2.20. The van der Waals surface area contributed by atoms with Crippen LogP contribution in [0, 0.1) is 0 Å². The number of benzene rings is 3. The Balaban J connectivity index is 1.57. The van der Waals surface area contributed by atoms with Crippen LogP contribution < -0.4 is 20.2 Å². The van der Waals surface area contributed by atoms with Crippen LogP contribution >= 0.6 is 11.6 Å². The molecule has 0 radical (unpaired) electrons. The van der Waals surface area contributed by atoms with Crippen LogP contribution in [0.3, 0.4) is 0 Å². The van der Waals surface area contributed by atoms with Crippen molar-refractivity contribution in [2.24, 2.45) is 5.10 Å². The first kappa shape index (κ1) is 20.2. The molecule has 0 aliphatic carbocycles. The standard InChI is InChI=1S/C22H20ClN3O3/c1-28-21-13-16(14-24-26-19-10-8-17(23)9-11-19)7-12-20(21)29-15-22(27)25-18-5-3-2-4-6-18/h2-14,26H,15H2,1H3,(H,25,27)/b24-14-. The van der Waals surface area contributed by atoms with Crippen molar-refractivity contribution in [3.05, 3.63) is 83.4 Å². The normalized spacial score (nSPS) is 10.6. The number of amides is 1. The third-order valence-electron chi connectivity index (χ3n) is 3.86. The van der Waals surface area contributed by atoms with Gasteiger partial charge in [-0.25, -0.2) is 0 Å². The maximum absolute atomic E-state index is 12.0. The van der Waals surface area contributed by atoms with Crippen molar-refractivity contribution in [2.45, 2.75) is 0 Å². The van der Waals surface area contributed by atoms with Crippen molar-refractivity contribution in [3.63, 3.8) is 0 Å². The van der Waals surface area contributed by atoms with Gasteiger partial charge in [0.25, 0.3) is 5.91 Å². The molecule has 0 aromatic heterocycles. The zero-order valence-electron chi connectivity index (χ0n) is 15.8. The predicted octanol–water partition coefficient (Wildman–Crippen LogP) is 4.81. The topological polar surface area (TPSA) is 71.9 Å². The lowest BCUT2D eigenvalue weighted by molar-refractivity contribution is -0.118. The van der Waals surface area contributed by atoms with Crippen LogP contribution in [0.15, 0.2) is 77.9 Å². The van der Waals surface area contributed by atoms with Crippen molar-refractivity contribution in [2.75, 3.05) is 24.5 Å². The second-order valence-corrected chi connectivity index (χ2v) is 6.43. The van der Waals surface area contributed by atoms with Crippen LogP contribution in [0.2, 0.25) is 5.02 Å².